The SMILES string of the molecule is COCCn1cnc2c1c(=O)n(CC(=O)OCc1nc(CC(C)C)no1)c(=O)n2Cc1ccccc1. The van der Waals surface area contributed by atoms with Crippen LogP contribution in [0.5, 0.6) is 0 Å². The van der Waals surface area contributed by atoms with Gasteiger partial charge in [0.2, 0.25) is 0 Å². The molecule has 0 aliphatic heterocycles. The van der Waals surface area contributed by atoms with Crippen LogP contribution >= 0.6 is 0 Å². The molecule has 0 aliphatic rings. The third-order valence-electron chi connectivity index (χ3n) is 5.45. The minimum Gasteiger partial charge on any atom is -0.454 e. The van der Waals surface area contributed by atoms with E-state index < -0.39 is 23.8 Å². The molecule has 0 saturated heterocycles. The molecule has 1 aromatic carbocycles. The van der Waals surface area contributed by atoms with Crippen molar-refractivity contribution in [1.82, 2.24) is 28.8 Å². The Hall–Kier alpha value is -4.06. The zero-order chi connectivity index (χ0) is 25.7. The molecule has 0 atom stereocenters. The summed E-state index contributed by atoms with van der Waals surface area (Å²) in [6.45, 7) is 4.08. The number of hydrogen-bond donors (Lipinski definition) is 0. The Morgan fingerprint density at radius 1 is 1.14 bits per heavy atom. The van der Waals surface area contributed by atoms with Gasteiger partial charge in [0.05, 0.1) is 19.5 Å². The maximum Gasteiger partial charge on any atom is 0.333 e. The van der Waals surface area contributed by atoms with E-state index in [1.165, 1.54) is 10.9 Å². The topological polar surface area (TPSA) is 136 Å². The average molecular weight is 497 g/mol. The average Bonchev–Trinajstić information content (AvgIpc) is 3.49. The largest absolute Gasteiger partial charge is 0.454 e. The second-order valence-corrected chi connectivity index (χ2v) is 8.71. The van der Waals surface area contributed by atoms with Crippen LogP contribution in [0.3, 0.4) is 0 Å². The summed E-state index contributed by atoms with van der Waals surface area (Å²) in [4.78, 5) is 47.8. The number of carbonyl (C=O) groups is 1. The van der Waals surface area contributed by atoms with Crippen LogP contribution in [-0.4, -0.2) is 48.5 Å². The van der Waals surface area contributed by atoms with Crippen LogP contribution in [0.15, 0.2) is 50.8 Å². The van der Waals surface area contributed by atoms with E-state index in [-0.39, 0.29) is 30.2 Å². The van der Waals surface area contributed by atoms with Crippen LogP contribution in [0.25, 0.3) is 11.2 Å². The van der Waals surface area contributed by atoms with E-state index >= 15 is 0 Å². The van der Waals surface area contributed by atoms with Crippen LogP contribution in [0.1, 0.15) is 31.1 Å². The number of imidazole rings is 1. The van der Waals surface area contributed by atoms with Crippen LogP contribution in [0.4, 0.5) is 0 Å². The Morgan fingerprint density at radius 3 is 2.64 bits per heavy atom. The molecule has 0 saturated carbocycles. The first-order chi connectivity index (χ1) is 17.4. The van der Waals surface area contributed by atoms with Gasteiger partial charge >= 0.3 is 11.7 Å². The van der Waals surface area contributed by atoms with E-state index in [4.69, 9.17) is 14.0 Å². The number of hydrogen-bond acceptors (Lipinski definition) is 9. The van der Waals surface area contributed by atoms with Crippen molar-refractivity contribution >= 4 is 17.1 Å². The highest BCUT2D eigenvalue weighted by atomic mass is 16.6. The van der Waals surface area contributed by atoms with Crippen molar-refractivity contribution in [2.75, 3.05) is 13.7 Å². The first-order valence-electron chi connectivity index (χ1n) is 11.6. The molecule has 0 unspecified atom stereocenters. The molecule has 0 spiro atoms. The second kappa shape index (κ2) is 11.1. The molecule has 0 aliphatic carbocycles. The summed E-state index contributed by atoms with van der Waals surface area (Å²) in [5.74, 6) is 0.216. The summed E-state index contributed by atoms with van der Waals surface area (Å²) in [7, 11) is 1.55. The Kier molecular flexibility index (Phi) is 7.74. The molecular weight excluding hydrogens is 468 g/mol. The van der Waals surface area contributed by atoms with E-state index in [0.717, 1.165) is 10.1 Å². The van der Waals surface area contributed by atoms with Crippen molar-refractivity contribution in [2.45, 2.75) is 46.5 Å². The number of esters is 1. The maximum atomic E-state index is 13.4. The molecule has 0 bridgehead atoms. The zero-order valence-electron chi connectivity index (χ0n) is 20.4. The number of nitrogens with zero attached hydrogens (tertiary/aromatic N) is 6. The highest BCUT2D eigenvalue weighted by Gasteiger charge is 2.21. The van der Waals surface area contributed by atoms with Crippen molar-refractivity contribution in [3.8, 4) is 0 Å². The summed E-state index contributed by atoms with van der Waals surface area (Å²) >= 11 is 0. The van der Waals surface area contributed by atoms with Gasteiger partial charge in [-0.3, -0.25) is 14.2 Å². The Morgan fingerprint density at radius 2 is 1.92 bits per heavy atom. The number of benzene rings is 1. The summed E-state index contributed by atoms with van der Waals surface area (Å²) in [6.07, 6.45) is 2.11. The molecule has 0 amide bonds. The number of aromatic nitrogens is 6. The normalized spacial score (nSPS) is 11.4. The summed E-state index contributed by atoms with van der Waals surface area (Å²) < 4.78 is 19.3. The number of carbonyl (C=O) groups excluding carboxylic acids is 1. The fraction of sp³-hybridized carbons (Fsp3) is 0.417. The third kappa shape index (κ3) is 5.60. The molecule has 0 N–H and O–H groups in total. The number of fused-ring (bicyclic) bond motifs is 1. The second-order valence-electron chi connectivity index (χ2n) is 8.71. The summed E-state index contributed by atoms with van der Waals surface area (Å²) in [6, 6.07) is 9.30. The Balaban J connectivity index is 1.63. The number of ether oxygens (including phenoxy) is 2. The lowest BCUT2D eigenvalue weighted by molar-refractivity contribution is -0.146. The molecule has 12 nitrogen and oxygen atoms in total. The van der Waals surface area contributed by atoms with Gasteiger partial charge in [0.25, 0.3) is 11.4 Å². The van der Waals surface area contributed by atoms with E-state index in [0.29, 0.717) is 31.3 Å². The minimum atomic E-state index is -0.786. The van der Waals surface area contributed by atoms with E-state index in [9.17, 15) is 14.4 Å². The van der Waals surface area contributed by atoms with Gasteiger partial charge in [0.1, 0.15) is 6.54 Å². The van der Waals surface area contributed by atoms with E-state index in [1.54, 1.807) is 11.7 Å². The molecule has 190 valence electrons. The van der Waals surface area contributed by atoms with E-state index in [2.05, 4.69) is 15.1 Å². The fourth-order valence-electron chi connectivity index (χ4n) is 3.76. The minimum absolute atomic E-state index is 0.140. The van der Waals surface area contributed by atoms with Crippen LogP contribution < -0.4 is 11.2 Å². The molecular formula is C24H28N6O6. The van der Waals surface area contributed by atoms with Gasteiger partial charge in [-0.1, -0.05) is 49.3 Å². The van der Waals surface area contributed by atoms with Crippen LogP contribution in [0.2, 0.25) is 0 Å². The predicted molar refractivity (Wildman–Crippen MR) is 128 cm³/mol. The monoisotopic (exact) mass is 496 g/mol. The lowest BCUT2D eigenvalue weighted by atomic mass is 10.1. The molecule has 12 heteroatoms. The molecule has 4 rings (SSSR count). The molecule has 3 aromatic heterocycles. The van der Waals surface area contributed by atoms with Gasteiger partial charge in [-0.2, -0.15) is 4.98 Å². The molecule has 0 radical (unpaired) electrons. The smallest absolute Gasteiger partial charge is 0.333 e. The number of rotatable bonds is 11. The van der Waals surface area contributed by atoms with Crippen LogP contribution in [0, 0.1) is 5.92 Å². The van der Waals surface area contributed by atoms with Crippen molar-refractivity contribution in [3.63, 3.8) is 0 Å². The molecule has 3 heterocycles. The van der Waals surface area contributed by atoms with Gasteiger partial charge in [-0.25, -0.2) is 14.3 Å². The Bertz CT molecular complexity index is 1450. The Labute approximate surface area is 206 Å². The summed E-state index contributed by atoms with van der Waals surface area (Å²) in [5.41, 5.74) is -0.0263. The fourth-order valence-corrected chi connectivity index (χ4v) is 3.76. The first kappa shape index (κ1) is 25.0. The molecule has 36 heavy (non-hydrogen) atoms. The van der Waals surface area contributed by atoms with Crippen molar-refractivity contribution < 1.29 is 18.8 Å². The van der Waals surface area contributed by atoms with Gasteiger partial charge in [0, 0.05) is 20.1 Å². The summed E-state index contributed by atoms with van der Waals surface area (Å²) in [5, 5.41) is 3.85. The third-order valence-corrected chi connectivity index (χ3v) is 5.45. The van der Waals surface area contributed by atoms with Gasteiger partial charge in [-0.15, -0.1) is 0 Å². The van der Waals surface area contributed by atoms with Crippen LogP contribution in [-0.2, 0) is 46.9 Å². The van der Waals surface area contributed by atoms with Gasteiger partial charge in [-0.05, 0) is 11.5 Å². The van der Waals surface area contributed by atoms with E-state index in [1.807, 2.05) is 44.2 Å². The number of methoxy groups -OCH3 is 1. The maximum absolute atomic E-state index is 13.4. The van der Waals surface area contributed by atoms with Crippen molar-refractivity contribution in [3.05, 3.63) is 74.8 Å². The van der Waals surface area contributed by atoms with Gasteiger partial charge in [0.15, 0.2) is 23.6 Å². The molecule has 4 aromatic rings. The van der Waals surface area contributed by atoms with Crippen molar-refractivity contribution in [1.29, 1.82) is 0 Å². The molecule has 0 fully saturated rings. The predicted octanol–water partition coefficient (Wildman–Crippen LogP) is 1.38. The lowest BCUT2D eigenvalue weighted by Gasteiger charge is -2.12. The standard InChI is InChI=1S/C24H28N6O6/c1-16(2)11-18-26-19(36-27-18)14-35-20(31)13-30-23(32)21-22(25-15-28(21)9-10-34-3)29(24(30)33)12-17-7-5-4-6-8-17/h4-8,15-16H,9-14H2,1-3H3. The highest BCUT2D eigenvalue weighted by molar-refractivity contribution is 5.72. The lowest BCUT2D eigenvalue weighted by Crippen LogP contribution is -2.42. The quantitative estimate of drug-likeness (QED) is 0.282. The first-order valence-corrected chi connectivity index (χ1v) is 11.6. The van der Waals surface area contributed by atoms with Gasteiger partial charge < -0.3 is 18.6 Å². The zero-order valence-corrected chi connectivity index (χ0v) is 20.4. The van der Waals surface area contributed by atoms with Crippen molar-refractivity contribution in [2.24, 2.45) is 5.92 Å². The highest BCUT2D eigenvalue weighted by Crippen LogP contribution is 2.10.